The van der Waals surface area contributed by atoms with Gasteiger partial charge in [0.05, 0.1) is 6.61 Å². The van der Waals surface area contributed by atoms with E-state index >= 15 is 0 Å². The summed E-state index contributed by atoms with van der Waals surface area (Å²) in [5.41, 5.74) is 3.13. The smallest absolute Gasteiger partial charge is 0.0719 e. The van der Waals surface area contributed by atoms with Gasteiger partial charge in [-0.3, -0.25) is 0 Å². The Labute approximate surface area is 117 Å². The van der Waals surface area contributed by atoms with Crippen LogP contribution in [0.3, 0.4) is 0 Å². The van der Waals surface area contributed by atoms with Gasteiger partial charge in [0.2, 0.25) is 0 Å². The maximum absolute atomic E-state index is 5.55. The summed E-state index contributed by atoms with van der Waals surface area (Å²) in [7, 11) is 0. The molecule has 1 aromatic rings. The summed E-state index contributed by atoms with van der Waals surface area (Å²) >= 11 is 0. The monoisotopic (exact) mass is 261 g/mol. The van der Waals surface area contributed by atoms with E-state index in [1.807, 2.05) is 6.92 Å². The van der Waals surface area contributed by atoms with Gasteiger partial charge in [0.1, 0.15) is 0 Å². The lowest BCUT2D eigenvalue weighted by atomic mass is 9.87. The van der Waals surface area contributed by atoms with Crippen LogP contribution in [0.5, 0.6) is 0 Å². The van der Waals surface area contributed by atoms with Gasteiger partial charge in [0, 0.05) is 19.2 Å². The molecule has 2 nitrogen and oxygen atoms in total. The molecule has 0 saturated heterocycles. The van der Waals surface area contributed by atoms with Gasteiger partial charge in [-0.15, -0.1) is 0 Å². The summed E-state index contributed by atoms with van der Waals surface area (Å²) in [6.45, 7) is 9.26. The van der Waals surface area contributed by atoms with Crippen LogP contribution in [0.15, 0.2) is 24.3 Å². The molecule has 0 bridgehead atoms. The number of benzene rings is 1. The maximum Gasteiger partial charge on any atom is 0.0719 e. The first-order chi connectivity index (χ1) is 9.13. The summed E-state index contributed by atoms with van der Waals surface area (Å²) in [6, 6.07) is 9.24. The van der Waals surface area contributed by atoms with Gasteiger partial charge in [-0.2, -0.15) is 0 Å². The molecule has 2 heteroatoms. The summed E-state index contributed by atoms with van der Waals surface area (Å²) in [5, 5.41) is 3.75. The Kier molecular flexibility index (Phi) is 5.00. The molecule has 19 heavy (non-hydrogen) atoms. The minimum absolute atomic E-state index is 0.439. The van der Waals surface area contributed by atoms with Crippen molar-refractivity contribution in [2.45, 2.75) is 59.2 Å². The first-order valence-electron chi connectivity index (χ1n) is 7.51. The van der Waals surface area contributed by atoms with Crippen LogP contribution in [0, 0.1) is 5.41 Å². The third-order valence-electron chi connectivity index (χ3n) is 4.38. The Morgan fingerprint density at radius 1 is 1.26 bits per heavy atom. The van der Waals surface area contributed by atoms with E-state index in [1.165, 1.54) is 30.4 Å². The van der Waals surface area contributed by atoms with Crippen molar-refractivity contribution >= 4 is 0 Å². The molecular formula is C17H27NO. The molecule has 1 unspecified atom stereocenters. The minimum atomic E-state index is 0.439. The lowest BCUT2D eigenvalue weighted by Gasteiger charge is -2.28. The molecule has 0 amide bonds. The van der Waals surface area contributed by atoms with E-state index in [4.69, 9.17) is 4.74 Å². The summed E-state index contributed by atoms with van der Waals surface area (Å²) < 4.78 is 5.55. The van der Waals surface area contributed by atoms with Gasteiger partial charge in [0.15, 0.2) is 0 Å². The first kappa shape index (κ1) is 14.5. The van der Waals surface area contributed by atoms with E-state index in [2.05, 4.69) is 43.4 Å². The molecule has 0 heterocycles. The molecule has 1 aliphatic carbocycles. The van der Waals surface area contributed by atoms with Crippen LogP contribution in [0.25, 0.3) is 0 Å². The van der Waals surface area contributed by atoms with Crippen molar-refractivity contribution in [1.29, 1.82) is 0 Å². The highest BCUT2D eigenvalue weighted by atomic mass is 16.5. The van der Waals surface area contributed by atoms with Crippen LogP contribution < -0.4 is 5.32 Å². The van der Waals surface area contributed by atoms with Gasteiger partial charge in [-0.25, -0.2) is 0 Å². The molecule has 1 saturated carbocycles. The van der Waals surface area contributed by atoms with Crippen LogP contribution in [0.2, 0.25) is 0 Å². The zero-order chi connectivity index (χ0) is 13.7. The van der Waals surface area contributed by atoms with Crippen molar-refractivity contribution in [2.75, 3.05) is 6.61 Å². The maximum atomic E-state index is 5.55. The Bertz CT molecular complexity index is 400. The van der Waals surface area contributed by atoms with Crippen LogP contribution in [-0.4, -0.2) is 12.6 Å². The predicted molar refractivity (Wildman–Crippen MR) is 80.0 cm³/mol. The average Bonchev–Trinajstić information content (AvgIpc) is 2.74. The Morgan fingerprint density at radius 2 is 2.00 bits per heavy atom. The van der Waals surface area contributed by atoms with Gasteiger partial charge < -0.3 is 10.1 Å². The molecule has 1 N–H and O–H groups in total. The Balaban J connectivity index is 1.95. The predicted octanol–water partition coefficient (Wildman–Crippen LogP) is 3.89. The van der Waals surface area contributed by atoms with Crippen LogP contribution in [0.1, 0.15) is 51.2 Å². The van der Waals surface area contributed by atoms with Crippen molar-refractivity contribution in [3.63, 3.8) is 0 Å². The zero-order valence-electron chi connectivity index (χ0n) is 12.5. The van der Waals surface area contributed by atoms with Crippen molar-refractivity contribution in [3.05, 3.63) is 35.4 Å². The molecule has 1 fully saturated rings. The number of ether oxygens (including phenoxy) is 1. The number of rotatable bonds is 6. The van der Waals surface area contributed by atoms with E-state index in [-0.39, 0.29) is 0 Å². The number of nitrogens with one attached hydrogen (secondary N) is 1. The fourth-order valence-corrected chi connectivity index (χ4v) is 3.02. The lowest BCUT2D eigenvalue weighted by Crippen LogP contribution is -2.37. The second-order valence-corrected chi connectivity index (χ2v) is 6.22. The van der Waals surface area contributed by atoms with Gasteiger partial charge in [0.25, 0.3) is 0 Å². The van der Waals surface area contributed by atoms with Crippen LogP contribution in [-0.2, 0) is 17.9 Å². The third-order valence-corrected chi connectivity index (χ3v) is 4.38. The van der Waals surface area contributed by atoms with Crippen molar-refractivity contribution in [3.8, 4) is 0 Å². The van der Waals surface area contributed by atoms with E-state index in [0.29, 0.717) is 11.5 Å². The molecule has 2 rings (SSSR count). The van der Waals surface area contributed by atoms with Crippen LogP contribution in [0.4, 0.5) is 0 Å². The molecule has 0 aliphatic heterocycles. The Morgan fingerprint density at radius 3 is 2.63 bits per heavy atom. The van der Waals surface area contributed by atoms with E-state index < -0.39 is 0 Å². The van der Waals surface area contributed by atoms with Gasteiger partial charge in [-0.05, 0) is 36.3 Å². The zero-order valence-corrected chi connectivity index (χ0v) is 12.5. The van der Waals surface area contributed by atoms with Gasteiger partial charge >= 0.3 is 0 Å². The highest BCUT2D eigenvalue weighted by molar-refractivity contribution is 5.26. The molecule has 1 aromatic carbocycles. The fourth-order valence-electron chi connectivity index (χ4n) is 3.02. The highest BCUT2D eigenvalue weighted by Crippen LogP contribution is 2.37. The average molecular weight is 261 g/mol. The second-order valence-electron chi connectivity index (χ2n) is 6.22. The third kappa shape index (κ3) is 3.80. The standard InChI is InChI=1S/C17H27NO/c1-4-19-13-15-9-6-5-8-14(15)12-18-16-10-7-11-17(16,2)3/h5-6,8-9,16,18H,4,7,10-13H2,1-3H3. The summed E-state index contributed by atoms with van der Waals surface area (Å²) in [4.78, 5) is 0. The topological polar surface area (TPSA) is 21.3 Å². The second kappa shape index (κ2) is 6.53. The number of hydrogen-bond acceptors (Lipinski definition) is 2. The molecule has 106 valence electrons. The van der Waals surface area contributed by atoms with E-state index in [1.54, 1.807) is 0 Å². The molecule has 0 aromatic heterocycles. The highest BCUT2D eigenvalue weighted by Gasteiger charge is 2.33. The molecule has 1 aliphatic rings. The fraction of sp³-hybridized carbons (Fsp3) is 0.647. The molecule has 0 radical (unpaired) electrons. The first-order valence-corrected chi connectivity index (χ1v) is 7.51. The normalized spacial score (nSPS) is 21.7. The molecular weight excluding hydrogens is 234 g/mol. The van der Waals surface area contributed by atoms with Crippen molar-refractivity contribution in [2.24, 2.45) is 5.41 Å². The molecule has 0 spiro atoms. The van der Waals surface area contributed by atoms with Crippen molar-refractivity contribution < 1.29 is 4.74 Å². The lowest BCUT2D eigenvalue weighted by molar-refractivity contribution is 0.133. The van der Waals surface area contributed by atoms with Gasteiger partial charge in [-0.1, -0.05) is 44.5 Å². The SMILES string of the molecule is CCOCc1ccccc1CNC1CCCC1(C)C. The largest absolute Gasteiger partial charge is 0.377 e. The van der Waals surface area contributed by atoms with Crippen molar-refractivity contribution in [1.82, 2.24) is 5.32 Å². The minimum Gasteiger partial charge on any atom is -0.377 e. The quantitative estimate of drug-likeness (QED) is 0.838. The van der Waals surface area contributed by atoms with E-state index in [0.717, 1.165) is 19.8 Å². The summed E-state index contributed by atoms with van der Waals surface area (Å²) in [6.07, 6.45) is 4.00. The summed E-state index contributed by atoms with van der Waals surface area (Å²) in [5.74, 6) is 0. The number of hydrogen-bond donors (Lipinski definition) is 1. The van der Waals surface area contributed by atoms with E-state index in [9.17, 15) is 0 Å². The Hall–Kier alpha value is -0.860. The van der Waals surface area contributed by atoms with Crippen LogP contribution >= 0.6 is 0 Å². The molecule has 1 atom stereocenters.